The van der Waals surface area contributed by atoms with Gasteiger partial charge in [-0.2, -0.15) is 0 Å². The molecule has 1 fully saturated rings. The van der Waals surface area contributed by atoms with Crippen LogP contribution in [-0.2, 0) is 4.74 Å². The molecule has 1 heterocycles. The molecule has 1 saturated heterocycles. The Morgan fingerprint density at radius 1 is 1.27 bits per heavy atom. The first kappa shape index (κ1) is 16.4. The minimum absolute atomic E-state index is 0.230. The van der Waals surface area contributed by atoms with Crippen molar-refractivity contribution < 1.29 is 19.0 Å². The standard InChI is InChI=1S/C16H24N2O4/c1-20-14-8-13(9-15(10-14)21-2)18-16(19)17-6-5-12-4-3-7-22-11-12/h8-10,12H,3-7,11H2,1-2H3,(H2,17,18,19)/t12-/m0/s1. The second-order valence-electron chi connectivity index (χ2n) is 5.35. The van der Waals surface area contributed by atoms with E-state index in [1.807, 2.05) is 0 Å². The highest BCUT2D eigenvalue weighted by molar-refractivity contribution is 5.89. The van der Waals surface area contributed by atoms with Crippen molar-refractivity contribution in [2.45, 2.75) is 19.3 Å². The van der Waals surface area contributed by atoms with Gasteiger partial charge in [0.25, 0.3) is 0 Å². The van der Waals surface area contributed by atoms with Crippen molar-refractivity contribution in [2.75, 3.05) is 39.3 Å². The largest absolute Gasteiger partial charge is 0.497 e. The van der Waals surface area contributed by atoms with Crippen LogP contribution in [0.1, 0.15) is 19.3 Å². The van der Waals surface area contributed by atoms with E-state index in [0.717, 1.165) is 26.1 Å². The number of carbonyl (C=O) groups is 1. The van der Waals surface area contributed by atoms with Crippen molar-refractivity contribution in [3.63, 3.8) is 0 Å². The van der Waals surface area contributed by atoms with Crippen molar-refractivity contribution in [1.82, 2.24) is 5.32 Å². The molecule has 0 radical (unpaired) electrons. The number of methoxy groups -OCH3 is 2. The van der Waals surface area contributed by atoms with E-state index in [4.69, 9.17) is 14.2 Å². The van der Waals surface area contributed by atoms with Gasteiger partial charge in [-0.15, -0.1) is 0 Å². The fourth-order valence-corrected chi connectivity index (χ4v) is 2.48. The highest BCUT2D eigenvalue weighted by Gasteiger charge is 2.14. The maximum atomic E-state index is 11.9. The number of amides is 2. The van der Waals surface area contributed by atoms with Crippen LogP contribution >= 0.6 is 0 Å². The summed E-state index contributed by atoms with van der Waals surface area (Å²) in [7, 11) is 3.15. The van der Waals surface area contributed by atoms with E-state index >= 15 is 0 Å². The zero-order chi connectivity index (χ0) is 15.8. The van der Waals surface area contributed by atoms with Crippen LogP contribution < -0.4 is 20.1 Å². The lowest BCUT2D eigenvalue weighted by atomic mass is 9.99. The van der Waals surface area contributed by atoms with Crippen LogP contribution in [0, 0.1) is 5.92 Å². The zero-order valence-corrected chi connectivity index (χ0v) is 13.2. The molecule has 1 aromatic carbocycles. The molecule has 0 saturated carbocycles. The topological polar surface area (TPSA) is 68.8 Å². The number of urea groups is 1. The Balaban J connectivity index is 1.78. The fourth-order valence-electron chi connectivity index (χ4n) is 2.48. The van der Waals surface area contributed by atoms with Crippen molar-refractivity contribution in [3.8, 4) is 11.5 Å². The summed E-state index contributed by atoms with van der Waals surface area (Å²) in [6.45, 7) is 2.30. The first-order valence-electron chi connectivity index (χ1n) is 7.57. The van der Waals surface area contributed by atoms with Gasteiger partial charge in [0.2, 0.25) is 0 Å². The summed E-state index contributed by atoms with van der Waals surface area (Å²) >= 11 is 0. The normalized spacial score (nSPS) is 17.6. The van der Waals surface area contributed by atoms with E-state index in [1.165, 1.54) is 6.42 Å². The Labute approximate surface area is 131 Å². The number of benzene rings is 1. The predicted molar refractivity (Wildman–Crippen MR) is 84.7 cm³/mol. The minimum atomic E-state index is -0.230. The molecular formula is C16H24N2O4. The maximum Gasteiger partial charge on any atom is 0.319 e. The SMILES string of the molecule is COc1cc(NC(=O)NCC[C@@H]2CCCOC2)cc(OC)c1. The summed E-state index contributed by atoms with van der Waals surface area (Å²) in [5.41, 5.74) is 0.634. The quantitative estimate of drug-likeness (QED) is 0.847. The van der Waals surface area contributed by atoms with Crippen LogP contribution in [0.25, 0.3) is 0 Å². The summed E-state index contributed by atoms with van der Waals surface area (Å²) in [5, 5.41) is 5.65. The summed E-state index contributed by atoms with van der Waals surface area (Å²) < 4.78 is 15.8. The Kier molecular flexibility index (Phi) is 6.33. The molecule has 6 nitrogen and oxygen atoms in total. The van der Waals surface area contributed by atoms with Crippen LogP contribution in [0.5, 0.6) is 11.5 Å². The number of rotatable bonds is 6. The molecule has 0 aliphatic carbocycles. The third-order valence-corrected chi connectivity index (χ3v) is 3.70. The van der Waals surface area contributed by atoms with E-state index in [9.17, 15) is 4.79 Å². The number of nitrogens with one attached hydrogen (secondary N) is 2. The minimum Gasteiger partial charge on any atom is -0.497 e. The van der Waals surface area contributed by atoms with E-state index in [2.05, 4.69) is 10.6 Å². The van der Waals surface area contributed by atoms with E-state index in [-0.39, 0.29) is 6.03 Å². The van der Waals surface area contributed by atoms with Crippen LogP contribution in [0.4, 0.5) is 10.5 Å². The number of carbonyl (C=O) groups excluding carboxylic acids is 1. The molecule has 1 aliphatic rings. The van der Waals surface area contributed by atoms with Crippen LogP contribution in [0.15, 0.2) is 18.2 Å². The van der Waals surface area contributed by atoms with Crippen LogP contribution in [-0.4, -0.2) is 40.0 Å². The third-order valence-electron chi connectivity index (χ3n) is 3.70. The Bertz CT molecular complexity index is 465. The molecule has 0 unspecified atom stereocenters. The summed E-state index contributed by atoms with van der Waals surface area (Å²) in [6, 6.07) is 5.02. The molecule has 1 atom stereocenters. The van der Waals surface area contributed by atoms with Crippen molar-refractivity contribution >= 4 is 11.7 Å². The second kappa shape index (κ2) is 8.48. The smallest absolute Gasteiger partial charge is 0.319 e. The van der Waals surface area contributed by atoms with Crippen molar-refractivity contribution in [1.29, 1.82) is 0 Å². The highest BCUT2D eigenvalue weighted by atomic mass is 16.5. The molecule has 122 valence electrons. The van der Waals surface area contributed by atoms with E-state index in [1.54, 1.807) is 32.4 Å². The molecular weight excluding hydrogens is 284 g/mol. The van der Waals surface area contributed by atoms with Crippen LogP contribution in [0.2, 0.25) is 0 Å². The first-order chi connectivity index (χ1) is 10.7. The summed E-state index contributed by atoms with van der Waals surface area (Å²) in [4.78, 5) is 11.9. The van der Waals surface area contributed by atoms with Crippen LogP contribution in [0.3, 0.4) is 0 Å². The number of hydrogen-bond acceptors (Lipinski definition) is 4. The molecule has 2 N–H and O–H groups in total. The van der Waals surface area contributed by atoms with Crippen molar-refractivity contribution in [2.24, 2.45) is 5.92 Å². The molecule has 22 heavy (non-hydrogen) atoms. The van der Waals surface area contributed by atoms with Gasteiger partial charge in [-0.1, -0.05) is 0 Å². The molecule has 0 bridgehead atoms. The Hall–Kier alpha value is -1.95. The van der Waals surface area contributed by atoms with Crippen molar-refractivity contribution in [3.05, 3.63) is 18.2 Å². The average molecular weight is 308 g/mol. The van der Waals surface area contributed by atoms with Gasteiger partial charge < -0.3 is 24.8 Å². The Morgan fingerprint density at radius 2 is 2.00 bits per heavy atom. The van der Waals surface area contributed by atoms with Gasteiger partial charge in [-0.25, -0.2) is 4.79 Å². The molecule has 0 spiro atoms. The van der Waals surface area contributed by atoms with Gasteiger partial charge in [0.1, 0.15) is 11.5 Å². The first-order valence-corrected chi connectivity index (χ1v) is 7.57. The lowest BCUT2D eigenvalue weighted by Gasteiger charge is -2.21. The number of anilines is 1. The van der Waals surface area contributed by atoms with Gasteiger partial charge in [0.05, 0.1) is 14.2 Å². The molecule has 0 aromatic heterocycles. The van der Waals surface area contributed by atoms with Gasteiger partial charge >= 0.3 is 6.03 Å². The highest BCUT2D eigenvalue weighted by Crippen LogP contribution is 2.25. The van der Waals surface area contributed by atoms with Gasteiger partial charge in [-0.05, 0) is 25.2 Å². The lowest BCUT2D eigenvalue weighted by Crippen LogP contribution is -2.31. The van der Waals surface area contributed by atoms with Gasteiger partial charge in [-0.3, -0.25) is 0 Å². The monoisotopic (exact) mass is 308 g/mol. The Morgan fingerprint density at radius 3 is 2.59 bits per heavy atom. The second-order valence-corrected chi connectivity index (χ2v) is 5.35. The maximum absolute atomic E-state index is 11.9. The summed E-state index contributed by atoms with van der Waals surface area (Å²) in [5.74, 6) is 1.81. The van der Waals surface area contributed by atoms with Gasteiger partial charge in [0, 0.05) is 43.6 Å². The third kappa shape index (κ3) is 5.11. The number of hydrogen-bond donors (Lipinski definition) is 2. The molecule has 6 heteroatoms. The van der Waals surface area contributed by atoms with E-state index in [0.29, 0.717) is 29.6 Å². The molecule has 2 amide bonds. The van der Waals surface area contributed by atoms with Gasteiger partial charge in [0.15, 0.2) is 0 Å². The number of ether oxygens (including phenoxy) is 3. The summed E-state index contributed by atoms with van der Waals surface area (Å²) in [6.07, 6.45) is 3.23. The predicted octanol–water partition coefficient (Wildman–Crippen LogP) is 2.64. The zero-order valence-electron chi connectivity index (χ0n) is 13.2. The van der Waals surface area contributed by atoms with E-state index < -0.39 is 0 Å². The average Bonchev–Trinajstić information content (AvgIpc) is 2.55. The molecule has 1 aromatic rings. The molecule has 1 aliphatic heterocycles. The molecule has 2 rings (SSSR count). The lowest BCUT2D eigenvalue weighted by molar-refractivity contribution is 0.0520. The fraction of sp³-hybridized carbons (Fsp3) is 0.562.